The molecule has 1 saturated heterocycles. The van der Waals surface area contributed by atoms with Crippen LogP contribution in [0.25, 0.3) is 0 Å². The molecule has 0 amide bonds. The summed E-state index contributed by atoms with van der Waals surface area (Å²) in [5.74, 6) is 1.86. The number of aliphatic hydroxyl groups is 1. The van der Waals surface area contributed by atoms with Gasteiger partial charge in [0.05, 0.1) is 6.61 Å². The zero-order valence-electron chi connectivity index (χ0n) is 7.49. The van der Waals surface area contributed by atoms with Crippen LogP contribution in [0.5, 0.6) is 0 Å². The Balaban J connectivity index is 2.14. The molecule has 0 radical (unpaired) electrons. The minimum Gasteiger partial charge on any atom is -0.364 e. The van der Waals surface area contributed by atoms with E-state index in [1.54, 1.807) is 0 Å². The lowest BCUT2D eigenvalue weighted by Gasteiger charge is -2.33. The summed E-state index contributed by atoms with van der Waals surface area (Å²) in [6.45, 7) is 6.87. The SMILES string of the molecule is C=C1C(O)OC[C@H]2[C@@H]1CC[C@@H]2C. The lowest BCUT2D eigenvalue weighted by molar-refractivity contribution is -0.119. The van der Waals surface area contributed by atoms with Crippen molar-refractivity contribution in [3.05, 3.63) is 12.2 Å². The van der Waals surface area contributed by atoms with Gasteiger partial charge in [0.15, 0.2) is 6.29 Å². The van der Waals surface area contributed by atoms with Crippen molar-refractivity contribution in [2.75, 3.05) is 6.61 Å². The Kier molecular flexibility index (Phi) is 1.97. The molecule has 2 aliphatic rings. The van der Waals surface area contributed by atoms with Crippen molar-refractivity contribution in [3.8, 4) is 0 Å². The molecular weight excluding hydrogens is 152 g/mol. The highest BCUT2D eigenvalue weighted by Crippen LogP contribution is 2.44. The fourth-order valence-corrected chi connectivity index (χ4v) is 2.50. The van der Waals surface area contributed by atoms with Crippen LogP contribution in [-0.2, 0) is 4.74 Å². The largest absolute Gasteiger partial charge is 0.364 e. The van der Waals surface area contributed by atoms with Gasteiger partial charge in [0.2, 0.25) is 0 Å². The van der Waals surface area contributed by atoms with E-state index in [0.29, 0.717) is 18.4 Å². The summed E-state index contributed by atoms with van der Waals surface area (Å²) < 4.78 is 5.23. The smallest absolute Gasteiger partial charge is 0.177 e. The quantitative estimate of drug-likeness (QED) is 0.556. The van der Waals surface area contributed by atoms with Gasteiger partial charge in [-0.1, -0.05) is 13.5 Å². The van der Waals surface area contributed by atoms with Crippen LogP contribution in [0.15, 0.2) is 12.2 Å². The Hall–Kier alpha value is -0.340. The predicted molar refractivity (Wildman–Crippen MR) is 46.5 cm³/mol. The molecule has 12 heavy (non-hydrogen) atoms. The van der Waals surface area contributed by atoms with Crippen molar-refractivity contribution >= 4 is 0 Å². The van der Waals surface area contributed by atoms with E-state index in [-0.39, 0.29) is 0 Å². The first-order valence-electron chi connectivity index (χ1n) is 4.68. The molecule has 0 aromatic rings. The molecule has 1 aliphatic carbocycles. The minimum atomic E-state index is -0.698. The third kappa shape index (κ3) is 1.10. The van der Waals surface area contributed by atoms with Gasteiger partial charge >= 0.3 is 0 Å². The van der Waals surface area contributed by atoms with Crippen LogP contribution in [0.2, 0.25) is 0 Å². The summed E-state index contributed by atoms with van der Waals surface area (Å²) >= 11 is 0. The zero-order chi connectivity index (χ0) is 8.72. The van der Waals surface area contributed by atoms with E-state index in [2.05, 4.69) is 13.5 Å². The summed E-state index contributed by atoms with van der Waals surface area (Å²) in [5.41, 5.74) is 0.899. The molecule has 2 rings (SSSR count). The van der Waals surface area contributed by atoms with E-state index >= 15 is 0 Å². The molecular formula is C10H16O2. The first-order chi connectivity index (χ1) is 5.70. The van der Waals surface area contributed by atoms with Crippen molar-refractivity contribution < 1.29 is 9.84 Å². The van der Waals surface area contributed by atoms with Crippen molar-refractivity contribution in [3.63, 3.8) is 0 Å². The van der Waals surface area contributed by atoms with Crippen molar-refractivity contribution in [1.29, 1.82) is 0 Å². The van der Waals surface area contributed by atoms with Crippen LogP contribution in [-0.4, -0.2) is 18.0 Å². The summed E-state index contributed by atoms with van der Waals surface area (Å²) in [4.78, 5) is 0. The van der Waals surface area contributed by atoms with Crippen LogP contribution in [0.4, 0.5) is 0 Å². The Morgan fingerprint density at radius 2 is 2.25 bits per heavy atom. The number of hydrogen-bond donors (Lipinski definition) is 1. The minimum absolute atomic E-state index is 0.517. The van der Waals surface area contributed by atoms with Gasteiger partial charge in [-0.3, -0.25) is 0 Å². The standard InChI is InChI=1S/C10H16O2/c1-6-3-4-8-7(2)10(11)12-5-9(6)8/h6,8-11H,2-5H2,1H3/t6-,8+,9+,10?/m0/s1. The van der Waals surface area contributed by atoms with Crippen LogP contribution in [0, 0.1) is 17.8 Å². The fraction of sp³-hybridized carbons (Fsp3) is 0.800. The highest BCUT2D eigenvalue weighted by molar-refractivity contribution is 5.11. The fourth-order valence-electron chi connectivity index (χ4n) is 2.50. The molecule has 68 valence electrons. The van der Waals surface area contributed by atoms with Crippen molar-refractivity contribution in [1.82, 2.24) is 0 Å². The van der Waals surface area contributed by atoms with Gasteiger partial charge in [-0.25, -0.2) is 0 Å². The van der Waals surface area contributed by atoms with E-state index in [9.17, 15) is 5.11 Å². The van der Waals surface area contributed by atoms with Crippen LogP contribution >= 0.6 is 0 Å². The summed E-state index contributed by atoms with van der Waals surface area (Å²) in [6.07, 6.45) is 1.74. The number of hydrogen-bond acceptors (Lipinski definition) is 2. The Morgan fingerprint density at radius 3 is 3.00 bits per heavy atom. The predicted octanol–water partition coefficient (Wildman–Crippen LogP) is 1.55. The first kappa shape index (κ1) is 8.27. The summed E-state index contributed by atoms with van der Waals surface area (Å²) in [7, 11) is 0. The van der Waals surface area contributed by atoms with Gasteiger partial charge in [-0.2, -0.15) is 0 Å². The number of rotatable bonds is 0. The first-order valence-corrected chi connectivity index (χ1v) is 4.68. The van der Waals surface area contributed by atoms with Crippen molar-refractivity contribution in [2.45, 2.75) is 26.1 Å². The molecule has 0 bridgehead atoms. The molecule has 1 unspecified atom stereocenters. The van der Waals surface area contributed by atoms with Crippen LogP contribution in [0.1, 0.15) is 19.8 Å². The molecule has 1 heterocycles. The molecule has 1 N–H and O–H groups in total. The molecule has 0 aromatic carbocycles. The summed E-state index contributed by atoms with van der Waals surface area (Å²) in [5, 5.41) is 9.39. The zero-order valence-corrected chi connectivity index (χ0v) is 7.49. The van der Waals surface area contributed by atoms with Gasteiger partial charge in [-0.05, 0) is 36.2 Å². The highest BCUT2D eigenvalue weighted by atomic mass is 16.6. The maximum Gasteiger partial charge on any atom is 0.177 e. The van der Waals surface area contributed by atoms with Gasteiger partial charge < -0.3 is 9.84 Å². The highest BCUT2D eigenvalue weighted by Gasteiger charge is 2.40. The van der Waals surface area contributed by atoms with Gasteiger partial charge in [0.1, 0.15) is 0 Å². The van der Waals surface area contributed by atoms with Crippen LogP contribution in [0.3, 0.4) is 0 Å². The Bertz CT molecular complexity index is 200. The molecule has 2 fully saturated rings. The molecule has 2 heteroatoms. The maximum atomic E-state index is 9.39. The lowest BCUT2D eigenvalue weighted by Crippen LogP contribution is -2.34. The normalized spacial score (nSPS) is 47.7. The van der Waals surface area contributed by atoms with Crippen molar-refractivity contribution in [2.24, 2.45) is 17.8 Å². The van der Waals surface area contributed by atoms with E-state index in [0.717, 1.165) is 11.5 Å². The van der Waals surface area contributed by atoms with Crippen LogP contribution < -0.4 is 0 Å². The van der Waals surface area contributed by atoms with E-state index < -0.39 is 6.29 Å². The Labute approximate surface area is 73.2 Å². The molecule has 1 aliphatic heterocycles. The number of aliphatic hydroxyl groups excluding tert-OH is 1. The topological polar surface area (TPSA) is 29.5 Å². The molecule has 1 saturated carbocycles. The monoisotopic (exact) mass is 168 g/mol. The lowest BCUT2D eigenvalue weighted by atomic mass is 9.84. The Morgan fingerprint density at radius 1 is 1.50 bits per heavy atom. The maximum absolute atomic E-state index is 9.39. The second kappa shape index (κ2) is 2.86. The molecule has 2 nitrogen and oxygen atoms in total. The van der Waals surface area contributed by atoms with E-state index in [1.807, 2.05) is 0 Å². The third-order valence-corrected chi connectivity index (χ3v) is 3.42. The number of ether oxygens (including phenoxy) is 1. The molecule has 4 atom stereocenters. The van der Waals surface area contributed by atoms with E-state index in [1.165, 1.54) is 12.8 Å². The van der Waals surface area contributed by atoms with Gasteiger partial charge in [0.25, 0.3) is 0 Å². The molecule has 0 spiro atoms. The second-order valence-corrected chi connectivity index (χ2v) is 4.09. The molecule has 0 aromatic heterocycles. The van der Waals surface area contributed by atoms with Gasteiger partial charge in [0, 0.05) is 0 Å². The second-order valence-electron chi connectivity index (χ2n) is 4.09. The average Bonchev–Trinajstić information content (AvgIpc) is 2.41. The third-order valence-electron chi connectivity index (χ3n) is 3.42. The van der Waals surface area contributed by atoms with E-state index in [4.69, 9.17) is 4.74 Å². The number of fused-ring (bicyclic) bond motifs is 1. The van der Waals surface area contributed by atoms with Gasteiger partial charge in [-0.15, -0.1) is 0 Å². The average molecular weight is 168 g/mol. The summed E-state index contributed by atoms with van der Waals surface area (Å²) in [6, 6.07) is 0.